The molecule has 1 aromatic carbocycles. The average molecular weight is 382 g/mol. The molecule has 0 aromatic heterocycles. The number of imide groups is 1. The quantitative estimate of drug-likeness (QED) is 0.744. The van der Waals surface area contributed by atoms with E-state index in [1.165, 1.54) is 18.4 Å². The molecule has 1 aliphatic carbocycles. The van der Waals surface area contributed by atoms with Crippen LogP contribution in [0.3, 0.4) is 0 Å². The van der Waals surface area contributed by atoms with E-state index in [9.17, 15) is 14.4 Å². The van der Waals surface area contributed by atoms with Gasteiger partial charge >= 0.3 is 0 Å². The predicted molar refractivity (Wildman–Crippen MR) is 102 cm³/mol. The number of carbonyl (C=O) groups excluding carboxylic acids is 3. The summed E-state index contributed by atoms with van der Waals surface area (Å²) < 4.78 is 0. The number of amides is 3. The molecule has 1 saturated carbocycles. The molecule has 3 heterocycles. The number of fused-ring (bicyclic) bond motifs is 3. The van der Waals surface area contributed by atoms with Crippen LogP contribution in [0.5, 0.6) is 0 Å². The second kappa shape index (κ2) is 6.67. The minimum Gasteiger partial charge on any atom is -0.330 e. The highest BCUT2D eigenvalue weighted by molar-refractivity contribution is 6.05. The fraction of sp³-hybridized carbons (Fsp3) is 0.571. The van der Waals surface area contributed by atoms with Crippen molar-refractivity contribution in [3.63, 3.8) is 0 Å². The number of hydrogen-bond donors (Lipinski definition) is 2. The molecule has 3 aliphatic heterocycles. The number of carbonyl (C=O) groups is 3. The van der Waals surface area contributed by atoms with E-state index < -0.39 is 6.04 Å². The van der Waals surface area contributed by atoms with Gasteiger partial charge in [-0.1, -0.05) is 12.1 Å². The van der Waals surface area contributed by atoms with Crippen LogP contribution >= 0.6 is 0 Å². The molecule has 1 unspecified atom stereocenters. The summed E-state index contributed by atoms with van der Waals surface area (Å²) in [6.45, 7) is 3.25. The molecule has 3 amide bonds. The number of benzene rings is 1. The normalized spacial score (nSPS) is 32.2. The first-order valence-electron chi connectivity index (χ1n) is 10.2. The molecule has 0 spiro atoms. The SMILES string of the molecule is NC[C@@H]1C[C@@H]2C[C@H]1CN2Cc1ccc2c(c1)CN(C1CCC(=O)NC1=O)C2=O. The topological polar surface area (TPSA) is 95.7 Å². The Bertz CT molecular complexity index is 854. The number of rotatable bonds is 4. The van der Waals surface area contributed by atoms with Gasteiger partial charge in [0.25, 0.3) is 5.91 Å². The van der Waals surface area contributed by atoms with Gasteiger partial charge in [0.1, 0.15) is 6.04 Å². The van der Waals surface area contributed by atoms with Crippen molar-refractivity contribution in [3.05, 3.63) is 34.9 Å². The smallest absolute Gasteiger partial charge is 0.255 e. The molecule has 3 fully saturated rings. The Morgan fingerprint density at radius 1 is 1.18 bits per heavy atom. The number of likely N-dealkylation sites (tertiary alicyclic amines) is 1. The van der Waals surface area contributed by atoms with Crippen LogP contribution in [0.2, 0.25) is 0 Å². The third-order valence-corrected chi connectivity index (χ3v) is 7.08. The van der Waals surface area contributed by atoms with E-state index in [-0.39, 0.29) is 24.1 Å². The van der Waals surface area contributed by atoms with Crippen LogP contribution in [0, 0.1) is 11.8 Å². The minimum atomic E-state index is -0.552. The van der Waals surface area contributed by atoms with Gasteiger partial charge in [0.2, 0.25) is 11.8 Å². The van der Waals surface area contributed by atoms with Crippen molar-refractivity contribution < 1.29 is 14.4 Å². The van der Waals surface area contributed by atoms with Gasteiger partial charge in [-0.05, 0) is 54.8 Å². The summed E-state index contributed by atoms with van der Waals surface area (Å²) in [6.07, 6.45) is 3.14. The molecule has 28 heavy (non-hydrogen) atoms. The fourth-order valence-electron chi connectivity index (χ4n) is 5.60. The summed E-state index contributed by atoms with van der Waals surface area (Å²) in [6, 6.07) is 6.13. The van der Waals surface area contributed by atoms with Crippen LogP contribution in [0.1, 0.15) is 47.2 Å². The predicted octanol–water partition coefficient (Wildman–Crippen LogP) is 0.617. The summed E-state index contributed by atoms with van der Waals surface area (Å²) in [5, 5.41) is 2.35. The molecule has 7 nitrogen and oxygen atoms in total. The second-order valence-corrected chi connectivity index (χ2v) is 8.70. The van der Waals surface area contributed by atoms with Gasteiger partial charge < -0.3 is 10.6 Å². The Hall–Kier alpha value is -2.25. The zero-order valence-electron chi connectivity index (χ0n) is 15.9. The summed E-state index contributed by atoms with van der Waals surface area (Å²) >= 11 is 0. The highest BCUT2D eigenvalue weighted by Gasteiger charge is 2.44. The van der Waals surface area contributed by atoms with Gasteiger partial charge in [-0.3, -0.25) is 24.6 Å². The van der Waals surface area contributed by atoms with Gasteiger partial charge in [-0.25, -0.2) is 0 Å². The molecule has 2 bridgehead atoms. The third kappa shape index (κ3) is 2.84. The lowest BCUT2D eigenvalue weighted by Gasteiger charge is -2.31. The molecule has 148 valence electrons. The zero-order valence-corrected chi connectivity index (χ0v) is 15.9. The lowest BCUT2D eigenvalue weighted by atomic mass is 9.94. The van der Waals surface area contributed by atoms with Crippen molar-refractivity contribution in [3.8, 4) is 0 Å². The number of nitrogens with one attached hydrogen (secondary N) is 1. The van der Waals surface area contributed by atoms with Crippen molar-refractivity contribution in [1.29, 1.82) is 0 Å². The van der Waals surface area contributed by atoms with Gasteiger partial charge in [0, 0.05) is 37.7 Å². The first-order chi connectivity index (χ1) is 13.5. The van der Waals surface area contributed by atoms with E-state index in [1.807, 2.05) is 12.1 Å². The highest BCUT2D eigenvalue weighted by atomic mass is 16.2. The van der Waals surface area contributed by atoms with E-state index in [0.29, 0.717) is 30.5 Å². The number of nitrogens with two attached hydrogens (primary N) is 1. The van der Waals surface area contributed by atoms with Crippen LogP contribution < -0.4 is 11.1 Å². The van der Waals surface area contributed by atoms with Crippen molar-refractivity contribution in [1.82, 2.24) is 15.1 Å². The number of piperidine rings is 2. The largest absolute Gasteiger partial charge is 0.330 e. The van der Waals surface area contributed by atoms with Crippen molar-refractivity contribution >= 4 is 17.7 Å². The maximum atomic E-state index is 12.8. The Balaban J connectivity index is 1.29. The van der Waals surface area contributed by atoms with Crippen LogP contribution in [-0.4, -0.2) is 52.7 Å². The first kappa shape index (κ1) is 17.8. The van der Waals surface area contributed by atoms with E-state index >= 15 is 0 Å². The standard InChI is InChI=1S/C21H26N4O3/c22-8-13-6-16-7-14(13)10-24(16)9-12-1-2-17-15(5-12)11-25(21(17)28)18-3-4-19(26)23-20(18)27/h1-2,5,13-14,16,18H,3-4,6-11,22H2,(H,23,26,27)/t13-,14-,16+,18?/m0/s1. The molecule has 2 saturated heterocycles. The van der Waals surface area contributed by atoms with Gasteiger partial charge in [0.05, 0.1) is 0 Å². The number of hydrogen-bond acceptors (Lipinski definition) is 5. The molecular formula is C21H26N4O3. The van der Waals surface area contributed by atoms with Crippen molar-refractivity contribution in [2.45, 2.75) is 50.9 Å². The van der Waals surface area contributed by atoms with E-state index in [1.54, 1.807) is 4.90 Å². The van der Waals surface area contributed by atoms with Gasteiger partial charge in [-0.15, -0.1) is 0 Å². The maximum Gasteiger partial charge on any atom is 0.255 e. The average Bonchev–Trinajstić information content (AvgIpc) is 3.34. The second-order valence-electron chi connectivity index (χ2n) is 8.70. The lowest BCUT2D eigenvalue weighted by Crippen LogP contribution is -2.52. The summed E-state index contributed by atoms with van der Waals surface area (Å²) in [5.41, 5.74) is 8.76. The van der Waals surface area contributed by atoms with Crippen LogP contribution in [0.4, 0.5) is 0 Å². The maximum absolute atomic E-state index is 12.8. The molecule has 7 heteroatoms. The summed E-state index contributed by atoms with van der Waals surface area (Å²) in [5.74, 6) is 0.682. The Morgan fingerprint density at radius 2 is 2.04 bits per heavy atom. The molecule has 1 aromatic rings. The Labute approximate surface area is 164 Å². The van der Waals surface area contributed by atoms with E-state index in [2.05, 4.69) is 16.3 Å². The Morgan fingerprint density at radius 3 is 2.75 bits per heavy atom. The monoisotopic (exact) mass is 382 g/mol. The first-order valence-corrected chi connectivity index (χ1v) is 10.2. The molecule has 3 N–H and O–H groups in total. The van der Waals surface area contributed by atoms with E-state index in [4.69, 9.17) is 5.73 Å². The zero-order chi connectivity index (χ0) is 19.4. The van der Waals surface area contributed by atoms with Crippen molar-refractivity contribution in [2.24, 2.45) is 17.6 Å². The van der Waals surface area contributed by atoms with Crippen molar-refractivity contribution in [2.75, 3.05) is 13.1 Å². The summed E-state index contributed by atoms with van der Waals surface area (Å²) in [4.78, 5) is 40.5. The van der Waals surface area contributed by atoms with E-state index in [0.717, 1.165) is 31.1 Å². The minimum absolute atomic E-state index is 0.109. The van der Waals surface area contributed by atoms with Gasteiger partial charge in [0.15, 0.2) is 0 Å². The van der Waals surface area contributed by atoms with Crippen LogP contribution in [0.15, 0.2) is 18.2 Å². The third-order valence-electron chi connectivity index (χ3n) is 7.08. The van der Waals surface area contributed by atoms with Crippen LogP contribution in [-0.2, 0) is 22.7 Å². The lowest BCUT2D eigenvalue weighted by molar-refractivity contribution is -0.136. The van der Waals surface area contributed by atoms with Gasteiger partial charge in [-0.2, -0.15) is 0 Å². The Kier molecular flexibility index (Phi) is 4.25. The van der Waals surface area contributed by atoms with Crippen LogP contribution in [0.25, 0.3) is 0 Å². The molecule has 4 aliphatic rings. The summed E-state index contributed by atoms with van der Waals surface area (Å²) in [7, 11) is 0. The highest BCUT2D eigenvalue weighted by Crippen LogP contribution is 2.42. The molecule has 0 radical (unpaired) electrons. The molecule has 4 atom stereocenters. The number of nitrogens with zero attached hydrogens (tertiary/aromatic N) is 2. The molecule has 5 rings (SSSR count). The fourth-order valence-corrected chi connectivity index (χ4v) is 5.60. The molecular weight excluding hydrogens is 356 g/mol.